The molecule has 3 N–H and O–H groups in total. The number of hydrogen-bond acceptors (Lipinski definition) is 7. The molecule has 0 bridgehead atoms. The Labute approximate surface area is 173 Å². The number of benzene rings is 1. The van der Waals surface area contributed by atoms with Crippen molar-refractivity contribution in [2.24, 2.45) is 10.7 Å². The van der Waals surface area contributed by atoms with Gasteiger partial charge >= 0.3 is 5.97 Å². The van der Waals surface area contributed by atoms with Crippen LogP contribution in [-0.4, -0.2) is 47.9 Å². The Morgan fingerprint density at radius 1 is 1.31 bits per heavy atom. The van der Waals surface area contributed by atoms with Gasteiger partial charge in [0, 0.05) is 12.5 Å². The van der Waals surface area contributed by atoms with Gasteiger partial charge in [0.1, 0.15) is 11.8 Å². The van der Waals surface area contributed by atoms with Crippen molar-refractivity contribution in [1.82, 2.24) is 10.2 Å². The zero-order valence-electron chi connectivity index (χ0n) is 16.1. The number of unbranched alkanes of at least 4 members (excludes halogenated alkanes) is 2. The molecular formula is C19H23ClN4O5. The summed E-state index contributed by atoms with van der Waals surface area (Å²) in [7, 11) is 0. The molecule has 3 rings (SSSR count). The van der Waals surface area contributed by atoms with Crippen molar-refractivity contribution in [3.05, 3.63) is 22.7 Å². The smallest absolute Gasteiger partial charge is 0.302 e. The lowest BCUT2D eigenvalue weighted by atomic mass is 10.1. The third kappa shape index (κ3) is 4.97. The predicted octanol–water partition coefficient (Wildman–Crippen LogP) is 1.63. The summed E-state index contributed by atoms with van der Waals surface area (Å²) >= 11 is 6.53. The highest BCUT2D eigenvalue weighted by Crippen LogP contribution is 2.39. The van der Waals surface area contributed by atoms with Crippen molar-refractivity contribution < 1.29 is 23.9 Å². The summed E-state index contributed by atoms with van der Waals surface area (Å²) in [5.74, 6) is -0.216. The van der Waals surface area contributed by atoms with E-state index in [1.54, 1.807) is 17.0 Å². The van der Waals surface area contributed by atoms with Crippen LogP contribution in [0.1, 0.15) is 38.2 Å². The molecule has 1 fully saturated rings. The van der Waals surface area contributed by atoms with Crippen LogP contribution in [0.4, 0.5) is 5.69 Å². The van der Waals surface area contributed by atoms with Gasteiger partial charge in [0.25, 0.3) is 0 Å². The molecule has 10 heteroatoms. The second-order valence-electron chi connectivity index (χ2n) is 6.86. The Morgan fingerprint density at radius 3 is 2.79 bits per heavy atom. The van der Waals surface area contributed by atoms with Crippen LogP contribution in [0.5, 0.6) is 5.75 Å². The number of esters is 1. The van der Waals surface area contributed by atoms with E-state index in [4.69, 9.17) is 26.8 Å². The summed E-state index contributed by atoms with van der Waals surface area (Å²) in [6, 6.07) is 2.84. The number of fused-ring (bicyclic) bond motifs is 2. The number of rotatable bonds is 9. The second kappa shape index (κ2) is 9.13. The minimum atomic E-state index is -0.697. The number of nitrogens with one attached hydrogen (secondary N) is 1. The highest BCUT2D eigenvalue weighted by Gasteiger charge is 2.40. The summed E-state index contributed by atoms with van der Waals surface area (Å²) in [4.78, 5) is 40.3. The molecule has 1 saturated heterocycles. The van der Waals surface area contributed by atoms with E-state index in [-0.39, 0.29) is 18.3 Å². The lowest BCUT2D eigenvalue weighted by Gasteiger charge is -2.28. The van der Waals surface area contributed by atoms with Crippen molar-refractivity contribution in [2.75, 3.05) is 13.2 Å². The molecule has 9 nitrogen and oxygen atoms in total. The summed E-state index contributed by atoms with van der Waals surface area (Å²) in [5, 5.41) is 3.11. The summed E-state index contributed by atoms with van der Waals surface area (Å²) < 4.78 is 10.7. The second-order valence-corrected chi connectivity index (χ2v) is 7.24. The molecule has 156 valence electrons. The van der Waals surface area contributed by atoms with E-state index < -0.39 is 11.9 Å². The third-order valence-electron chi connectivity index (χ3n) is 4.67. The van der Waals surface area contributed by atoms with E-state index in [1.807, 2.05) is 0 Å². The van der Waals surface area contributed by atoms with Gasteiger partial charge in [0.15, 0.2) is 0 Å². The maximum absolute atomic E-state index is 12.1. The van der Waals surface area contributed by atoms with Gasteiger partial charge in [-0.05, 0) is 31.4 Å². The number of nitrogens with two attached hydrogens (primary N) is 1. The normalized spacial score (nSPS) is 17.2. The average molecular weight is 423 g/mol. The number of carbonyl (C=O) groups is 3. The van der Waals surface area contributed by atoms with Crippen molar-refractivity contribution in [3.8, 4) is 5.75 Å². The van der Waals surface area contributed by atoms with Crippen LogP contribution in [0.25, 0.3) is 0 Å². The van der Waals surface area contributed by atoms with Gasteiger partial charge in [-0.3, -0.25) is 19.7 Å². The molecule has 2 aliphatic heterocycles. The summed E-state index contributed by atoms with van der Waals surface area (Å²) in [6.45, 7) is 2.59. The van der Waals surface area contributed by atoms with Gasteiger partial charge in [-0.2, -0.15) is 0 Å². The molecule has 0 aromatic heterocycles. The monoisotopic (exact) mass is 422 g/mol. The summed E-state index contributed by atoms with van der Waals surface area (Å²) in [5.41, 5.74) is 6.64. The molecule has 0 aliphatic carbocycles. The molecule has 0 spiro atoms. The maximum atomic E-state index is 12.1. The minimum absolute atomic E-state index is 0.0959. The van der Waals surface area contributed by atoms with Crippen LogP contribution < -0.4 is 15.8 Å². The average Bonchev–Trinajstić information content (AvgIpc) is 2.95. The van der Waals surface area contributed by atoms with E-state index in [1.165, 1.54) is 6.92 Å². The van der Waals surface area contributed by atoms with Crippen molar-refractivity contribution in [3.63, 3.8) is 0 Å². The fraction of sp³-hybridized carbons (Fsp3) is 0.474. The Morgan fingerprint density at radius 2 is 2.07 bits per heavy atom. The lowest BCUT2D eigenvalue weighted by molar-refractivity contribution is -0.141. The number of ether oxygens (including phenoxy) is 2. The molecule has 0 radical (unpaired) electrons. The molecule has 2 aliphatic rings. The van der Waals surface area contributed by atoms with Crippen LogP contribution >= 0.6 is 11.6 Å². The first-order valence-corrected chi connectivity index (χ1v) is 9.76. The Hall–Kier alpha value is -2.81. The van der Waals surface area contributed by atoms with E-state index in [0.29, 0.717) is 42.2 Å². The Balaban J connectivity index is 1.61. The number of carbonyl (C=O) groups excluding carboxylic acids is 3. The maximum Gasteiger partial charge on any atom is 0.302 e. The molecule has 29 heavy (non-hydrogen) atoms. The molecule has 2 amide bonds. The fourth-order valence-electron chi connectivity index (χ4n) is 3.24. The number of halogens is 1. The molecule has 1 aromatic rings. The first-order chi connectivity index (χ1) is 13.9. The van der Waals surface area contributed by atoms with Crippen LogP contribution in [0, 0.1) is 0 Å². The zero-order valence-corrected chi connectivity index (χ0v) is 16.8. The van der Waals surface area contributed by atoms with E-state index >= 15 is 0 Å². The largest absolute Gasteiger partial charge is 0.492 e. The van der Waals surface area contributed by atoms with E-state index in [9.17, 15) is 14.4 Å². The zero-order chi connectivity index (χ0) is 21.0. The third-order valence-corrected chi connectivity index (χ3v) is 5.08. The van der Waals surface area contributed by atoms with Gasteiger partial charge in [0.2, 0.25) is 17.8 Å². The van der Waals surface area contributed by atoms with Gasteiger partial charge in [-0.25, -0.2) is 4.99 Å². The summed E-state index contributed by atoms with van der Waals surface area (Å²) in [6.07, 6.45) is 2.33. The number of amides is 2. The SMILES string of the molecule is CC(=O)OCCCCCOc1ccc2c(c1Cl)CN1C(=N2)NC(=O)C1CC(N)=O. The first kappa shape index (κ1) is 20.9. The number of aliphatic imine (C=N–C) groups is 1. The van der Waals surface area contributed by atoms with Crippen LogP contribution in [0.3, 0.4) is 0 Å². The molecule has 1 atom stereocenters. The standard InChI is InChI=1S/C19H23ClN4O5/c1-11(25)28-7-3-2-4-8-29-15-6-5-13-12(17(15)20)10-24-14(9-16(21)26)18(27)23-19(24)22-13/h5-6,14H,2-4,7-10H2,1H3,(H2,21,26)(H,22,23,27). The minimum Gasteiger partial charge on any atom is -0.492 e. The number of nitrogens with zero attached hydrogens (tertiary/aromatic N) is 2. The highest BCUT2D eigenvalue weighted by atomic mass is 35.5. The van der Waals surface area contributed by atoms with Crippen LogP contribution in [-0.2, 0) is 25.7 Å². The highest BCUT2D eigenvalue weighted by molar-refractivity contribution is 6.33. The lowest BCUT2D eigenvalue weighted by Crippen LogP contribution is -2.39. The quantitative estimate of drug-likeness (QED) is 0.460. The molecule has 0 saturated carbocycles. The molecule has 1 unspecified atom stereocenters. The van der Waals surface area contributed by atoms with Crippen molar-refractivity contribution in [2.45, 2.75) is 45.2 Å². The van der Waals surface area contributed by atoms with Crippen molar-refractivity contribution >= 4 is 41.0 Å². The van der Waals surface area contributed by atoms with Gasteiger partial charge in [-0.15, -0.1) is 0 Å². The van der Waals surface area contributed by atoms with Gasteiger partial charge in [0.05, 0.1) is 36.9 Å². The predicted molar refractivity (Wildman–Crippen MR) is 106 cm³/mol. The van der Waals surface area contributed by atoms with Crippen LogP contribution in [0.2, 0.25) is 5.02 Å². The van der Waals surface area contributed by atoms with E-state index in [0.717, 1.165) is 24.8 Å². The fourth-order valence-corrected chi connectivity index (χ4v) is 3.52. The number of primary amides is 1. The first-order valence-electron chi connectivity index (χ1n) is 9.39. The molecular weight excluding hydrogens is 400 g/mol. The van der Waals surface area contributed by atoms with Gasteiger partial charge < -0.3 is 20.1 Å². The van der Waals surface area contributed by atoms with Gasteiger partial charge in [-0.1, -0.05) is 11.6 Å². The van der Waals surface area contributed by atoms with Crippen LogP contribution in [0.15, 0.2) is 17.1 Å². The molecule has 1 aromatic carbocycles. The number of hydrogen-bond donors (Lipinski definition) is 2. The topological polar surface area (TPSA) is 123 Å². The Bertz CT molecular complexity index is 857. The van der Waals surface area contributed by atoms with Crippen molar-refractivity contribution in [1.29, 1.82) is 0 Å². The Kier molecular flexibility index (Phi) is 6.58. The van der Waals surface area contributed by atoms with E-state index in [2.05, 4.69) is 10.3 Å². The molecule has 2 heterocycles. The number of guanidine groups is 1.